The Balaban J connectivity index is 1.76. The van der Waals surface area contributed by atoms with Gasteiger partial charge in [-0.1, -0.05) is 38.1 Å². The Labute approximate surface area is 128 Å². The van der Waals surface area contributed by atoms with Crippen molar-refractivity contribution in [2.24, 2.45) is 0 Å². The molecule has 0 saturated heterocycles. The molecular formula is C19H25NO. The van der Waals surface area contributed by atoms with Crippen molar-refractivity contribution in [3.05, 3.63) is 59.7 Å². The van der Waals surface area contributed by atoms with Gasteiger partial charge in [-0.2, -0.15) is 0 Å². The van der Waals surface area contributed by atoms with Gasteiger partial charge in [0.05, 0.1) is 6.61 Å². The lowest BCUT2D eigenvalue weighted by Gasteiger charge is -2.12. The van der Waals surface area contributed by atoms with Crippen LogP contribution >= 0.6 is 0 Å². The van der Waals surface area contributed by atoms with E-state index in [1.807, 2.05) is 18.2 Å². The minimum atomic E-state index is 0.534. The van der Waals surface area contributed by atoms with Gasteiger partial charge in [0, 0.05) is 12.2 Å². The Bertz CT molecular complexity index is 549. The van der Waals surface area contributed by atoms with E-state index in [0.29, 0.717) is 5.92 Å². The maximum atomic E-state index is 5.88. The van der Waals surface area contributed by atoms with E-state index in [0.717, 1.165) is 31.0 Å². The Kier molecular flexibility index (Phi) is 5.68. The highest BCUT2D eigenvalue weighted by Gasteiger charge is 2.03. The van der Waals surface area contributed by atoms with Gasteiger partial charge in [-0.25, -0.2) is 0 Å². The van der Waals surface area contributed by atoms with Crippen LogP contribution in [0.3, 0.4) is 0 Å². The predicted octanol–water partition coefficient (Wildman–Crippen LogP) is 5.00. The van der Waals surface area contributed by atoms with Gasteiger partial charge in [0.25, 0.3) is 0 Å². The molecular weight excluding hydrogens is 258 g/mol. The van der Waals surface area contributed by atoms with Crippen molar-refractivity contribution >= 4 is 5.69 Å². The molecule has 0 amide bonds. The van der Waals surface area contributed by atoms with Gasteiger partial charge in [-0.05, 0) is 54.7 Å². The monoisotopic (exact) mass is 283 g/mol. The molecule has 21 heavy (non-hydrogen) atoms. The molecule has 0 aliphatic heterocycles. The summed E-state index contributed by atoms with van der Waals surface area (Å²) in [6.07, 6.45) is 0.986. The van der Waals surface area contributed by atoms with E-state index in [4.69, 9.17) is 4.74 Å². The van der Waals surface area contributed by atoms with Crippen LogP contribution in [0.25, 0.3) is 0 Å². The molecule has 2 rings (SSSR count). The average molecular weight is 283 g/mol. The Morgan fingerprint density at radius 1 is 1.05 bits per heavy atom. The lowest BCUT2D eigenvalue weighted by Crippen LogP contribution is -2.07. The SMILES string of the molecule is Cc1cc(OCCCNc2ccccc2)cc(C(C)C)c1. The summed E-state index contributed by atoms with van der Waals surface area (Å²) in [5, 5.41) is 3.39. The van der Waals surface area contributed by atoms with Crippen LogP contribution in [0.4, 0.5) is 5.69 Å². The quantitative estimate of drug-likeness (QED) is 0.722. The molecule has 2 aromatic rings. The summed E-state index contributed by atoms with van der Waals surface area (Å²) >= 11 is 0. The fraction of sp³-hybridized carbons (Fsp3) is 0.368. The molecule has 2 nitrogen and oxygen atoms in total. The molecule has 0 radical (unpaired) electrons. The number of aryl methyl sites for hydroxylation is 1. The highest BCUT2D eigenvalue weighted by Crippen LogP contribution is 2.22. The fourth-order valence-electron chi connectivity index (χ4n) is 2.24. The second kappa shape index (κ2) is 7.72. The maximum Gasteiger partial charge on any atom is 0.119 e. The molecule has 0 bridgehead atoms. The van der Waals surface area contributed by atoms with Crippen molar-refractivity contribution < 1.29 is 4.74 Å². The molecule has 1 N–H and O–H groups in total. The van der Waals surface area contributed by atoms with Crippen molar-refractivity contribution in [1.82, 2.24) is 0 Å². The summed E-state index contributed by atoms with van der Waals surface area (Å²) < 4.78 is 5.88. The van der Waals surface area contributed by atoms with Gasteiger partial charge in [-0.3, -0.25) is 0 Å². The minimum Gasteiger partial charge on any atom is -0.494 e. The minimum absolute atomic E-state index is 0.534. The normalized spacial score (nSPS) is 10.7. The van der Waals surface area contributed by atoms with Crippen molar-refractivity contribution in [2.75, 3.05) is 18.5 Å². The summed E-state index contributed by atoms with van der Waals surface area (Å²) in [6.45, 7) is 8.20. The third-order valence-electron chi connectivity index (χ3n) is 3.43. The number of benzene rings is 2. The van der Waals surface area contributed by atoms with Gasteiger partial charge in [0.15, 0.2) is 0 Å². The Morgan fingerprint density at radius 3 is 2.52 bits per heavy atom. The molecule has 0 unspecified atom stereocenters. The zero-order valence-corrected chi connectivity index (χ0v) is 13.2. The molecule has 0 saturated carbocycles. The van der Waals surface area contributed by atoms with Crippen LogP contribution in [0, 0.1) is 6.92 Å². The van der Waals surface area contributed by atoms with Crippen LogP contribution in [0.5, 0.6) is 5.75 Å². The number of nitrogens with one attached hydrogen (secondary N) is 1. The molecule has 0 heterocycles. The number of hydrogen-bond acceptors (Lipinski definition) is 2. The molecule has 0 fully saturated rings. The molecule has 0 atom stereocenters. The first-order chi connectivity index (χ1) is 10.1. The second-order valence-corrected chi connectivity index (χ2v) is 5.73. The van der Waals surface area contributed by atoms with Crippen LogP contribution in [0.1, 0.15) is 37.3 Å². The van der Waals surface area contributed by atoms with Crippen LogP contribution < -0.4 is 10.1 Å². The highest BCUT2D eigenvalue weighted by atomic mass is 16.5. The summed E-state index contributed by atoms with van der Waals surface area (Å²) in [5.74, 6) is 1.52. The van der Waals surface area contributed by atoms with E-state index in [9.17, 15) is 0 Å². The van der Waals surface area contributed by atoms with E-state index >= 15 is 0 Å². The first kappa shape index (κ1) is 15.4. The topological polar surface area (TPSA) is 21.3 Å². The van der Waals surface area contributed by atoms with Crippen molar-refractivity contribution in [3.63, 3.8) is 0 Å². The summed E-state index contributed by atoms with van der Waals surface area (Å²) in [5.41, 5.74) is 3.76. The molecule has 112 valence electrons. The smallest absolute Gasteiger partial charge is 0.119 e. The molecule has 2 aromatic carbocycles. The standard InChI is InChI=1S/C19H25NO/c1-15(2)17-12-16(3)13-19(14-17)21-11-7-10-20-18-8-5-4-6-9-18/h4-6,8-9,12-15,20H,7,10-11H2,1-3H3. The lowest BCUT2D eigenvalue weighted by atomic mass is 10.0. The van der Waals surface area contributed by atoms with Crippen LogP contribution in [-0.2, 0) is 0 Å². The number of hydrogen-bond donors (Lipinski definition) is 1. The summed E-state index contributed by atoms with van der Waals surface area (Å²) in [4.78, 5) is 0. The fourth-order valence-corrected chi connectivity index (χ4v) is 2.24. The third kappa shape index (κ3) is 5.14. The lowest BCUT2D eigenvalue weighted by molar-refractivity contribution is 0.314. The van der Waals surface area contributed by atoms with Gasteiger partial charge < -0.3 is 10.1 Å². The average Bonchev–Trinajstić information content (AvgIpc) is 2.47. The zero-order valence-electron chi connectivity index (χ0n) is 13.2. The van der Waals surface area contributed by atoms with Gasteiger partial charge >= 0.3 is 0 Å². The van der Waals surface area contributed by atoms with E-state index in [2.05, 4.69) is 56.4 Å². The second-order valence-electron chi connectivity index (χ2n) is 5.73. The molecule has 2 heteroatoms. The third-order valence-corrected chi connectivity index (χ3v) is 3.43. The van der Waals surface area contributed by atoms with Crippen LogP contribution in [-0.4, -0.2) is 13.2 Å². The number of rotatable bonds is 7. The summed E-state index contributed by atoms with van der Waals surface area (Å²) in [6, 6.07) is 16.8. The molecule has 0 aliphatic carbocycles. The Hall–Kier alpha value is -1.96. The van der Waals surface area contributed by atoms with E-state index in [-0.39, 0.29) is 0 Å². The molecule has 0 aromatic heterocycles. The predicted molar refractivity (Wildman–Crippen MR) is 90.3 cm³/mol. The summed E-state index contributed by atoms with van der Waals surface area (Å²) in [7, 11) is 0. The van der Waals surface area contributed by atoms with Crippen molar-refractivity contribution in [2.45, 2.75) is 33.1 Å². The van der Waals surface area contributed by atoms with Crippen molar-refractivity contribution in [3.8, 4) is 5.75 Å². The van der Waals surface area contributed by atoms with E-state index in [1.165, 1.54) is 11.1 Å². The van der Waals surface area contributed by atoms with Gasteiger partial charge in [0.2, 0.25) is 0 Å². The first-order valence-electron chi connectivity index (χ1n) is 7.68. The van der Waals surface area contributed by atoms with Gasteiger partial charge in [0.1, 0.15) is 5.75 Å². The molecule has 0 aliphatic rings. The number of ether oxygens (including phenoxy) is 1. The number of para-hydroxylation sites is 1. The van der Waals surface area contributed by atoms with Gasteiger partial charge in [-0.15, -0.1) is 0 Å². The van der Waals surface area contributed by atoms with Crippen LogP contribution in [0.2, 0.25) is 0 Å². The largest absolute Gasteiger partial charge is 0.494 e. The Morgan fingerprint density at radius 2 is 1.81 bits per heavy atom. The van der Waals surface area contributed by atoms with Crippen molar-refractivity contribution in [1.29, 1.82) is 0 Å². The maximum absolute atomic E-state index is 5.88. The number of anilines is 1. The first-order valence-corrected chi connectivity index (χ1v) is 7.68. The van der Waals surface area contributed by atoms with E-state index in [1.54, 1.807) is 0 Å². The zero-order chi connectivity index (χ0) is 15.1. The highest BCUT2D eigenvalue weighted by molar-refractivity contribution is 5.42. The molecule has 0 spiro atoms. The van der Waals surface area contributed by atoms with E-state index < -0.39 is 0 Å². The van der Waals surface area contributed by atoms with Crippen LogP contribution in [0.15, 0.2) is 48.5 Å².